The van der Waals surface area contributed by atoms with Gasteiger partial charge in [0.1, 0.15) is 17.4 Å². The number of carbonyl (C=O) groups is 3. The monoisotopic (exact) mass is 803 g/mol. The molecule has 11 nitrogen and oxygen atoms in total. The Labute approximate surface area is 320 Å². The third-order valence-corrected chi connectivity index (χ3v) is 11.4. The summed E-state index contributed by atoms with van der Waals surface area (Å²) in [4.78, 5) is 37.7. The van der Waals surface area contributed by atoms with E-state index in [1.807, 2.05) is 20.8 Å². The molecular weight excluding hydrogens is 767 g/mol. The molecule has 286 valence electrons. The van der Waals surface area contributed by atoms with E-state index < -0.39 is 85.3 Å². The van der Waals surface area contributed by atoms with Crippen LogP contribution < -0.4 is 20.1 Å². The van der Waals surface area contributed by atoms with Gasteiger partial charge in [0.15, 0.2) is 0 Å². The molecule has 1 aliphatic heterocycles. The zero-order valence-corrected chi connectivity index (χ0v) is 31.7. The fourth-order valence-electron chi connectivity index (χ4n) is 7.13. The Balaban J connectivity index is 1.79. The molecule has 4 aromatic carbocycles. The van der Waals surface area contributed by atoms with Gasteiger partial charge in [0.05, 0.1) is 39.9 Å². The second kappa shape index (κ2) is 15.6. The first-order valence-electron chi connectivity index (χ1n) is 16.5. The highest BCUT2D eigenvalue weighted by atomic mass is 35.5. The number of hydrogen-bond donors (Lipinski definition) is 5. The number of carbonyl (C=O) groups excluding carboxylic acids is 1. The first-order chi connectivity index (χ1) is 25.3. The van der Waals surface area contributed by atoms with Crippen LogP contribution in [0, 0.1) is 17.0 Å². The number of nitrogens with one attached hydrogen (secondary N) is 3. The van der Waals surface area contributed by atoms with Crippen molar-refractivity contribution in [1.29, 1.82) is 0 Å². The molecule has 1 amide bonds. The molecule has 1 saturated heterocycles. The van der Waals surface area contributed by atoms with Crippen LogP contribution in [0.2, 0.25) is 10.0 Å². The molecule has 0 spiro atoms. The van der Waals surface area contributed by atoms with E-state index in [2.05, 4.69) is 15.4 Å². The average molecular weight is 805 g/mol. The summed E-state index contributed by atoms with van der Waals surface area (Å²) in [5.74, 6) is -6.78. The van der Waals surface area contributed by atoms with E-state index in [1.165, 1.54) is 67.8 Å². The summed E-state index contributed by atoms with van der Waals surface area (Å²) in [5, 5.41) is 25.0. The standard InChI is InChI=1S/C38H37Cl2F2N3O8S/c1-37(2,3)18-30-38(24-14-13-21(39)17-26(24)41,19-43-54(51,52)29-11-6-5-8-22(29)36(49)50)31(23-9-7-10-25(40)32(23)42)33(45-30)34(46)44-27-15-12-20(35(47)48)16-28(27)53-4/h5-17,30-31,33,43,45H,18-19H2,1-4H3,(H,44,46)(H,47,48)(H,49,50)/t30-,31-,33+,38-/m0/s1. The maximum absolute atomic E-state index is 16.6. The largest absolute Gasteiger partial charge is 0.495 e. The van der Waals surface area contributed by atoms with Gasteiger partial charge in [-0.3, -0.25) is 4.79 Å². The van der Waals surface area contributed by atoms with Crippen molar-refractivity contribution in [3.8, 4) is 5.75 Å². The van der Waals surface area contributed by atoms with Crippen molar-refractivity contribution in [2.75, 3.05) is 19.0 Å². The van der Waals surface area contributed by atoms with Gasteiger partial charge in [0.2, 0.25) is 15.9 Å². The summed E-state index contributed by atoms with van der Waals surface area (Å²) in [6, 6.07) is 14.1. The van der Waals surface area contributed by atoms with E-state index in [0.29, 0.717) is 0 Å². The topological polar surface area (TPSA) is 171 Å². The number of halogens is 4. The molecule has 0 aromatic heterocycles. The molecule has 0 saturated carbocycles. The first-order valence-corrected chi connectivity index (χ1v) is 18.7. The third-order valence-electron chi connectivity index (χ3n) is 9.41. The molecule has 5 N–H and O–H groups in total. The third kappa shape index (κ3) is 8.08. The van der Waals surface area contributed by atoms with Gasteiger partial charge < -0.3 is 25.6 Å². The first kappa shape index (κ1) is 40.6. The fourth-order valence-corrected chi connectivity index (χ4v) is 8.76. The second-order valence-electron chi connectivity index (χ2n) is 14.1. The van der Waals surface area contributed by atoms with Gasteiger partial charge >= 0.3 is 11.9 Å². The van der Waals surface area contributed by atoms with Gasteiger partial charge in [-0.15, -0.1) is 0 Å². The van der Waals surface area contributed by atoms with Crippen LogP contribution in [0.4, 0.5) is 14.5 Å². The van der Waals surface area contributed by atoms with E-state index in [0.717, 1.165) is 18.2 Å². The van der Waals surface area contributed by atoms with Crippen molar-refractivity contribution in [2.45, 2.75) is 55.5 Å². The number of aromatic carboxylic acids is 2. The summed E-state index contributed by atoms with van der Waals surface area (Å²) in [5.41, 5.74) is -3.28. The molecule has 1 aliphatic rings. The lowest BCUT2D eigenvalue weighted by Crippen LogP contribution is -2.53. The van der Waals surface area contributed by atoms with E-state index >= 15 is 8.78 Å². The maximum Gasteiger partial charge on any atom is 0.337 e. The number of amides is 1. The van der Waals surface area contributed by atoms with Crippen LogP contribution in [0.15, 0.2) is 83.8 Å². The molecule has 1 heterocycles. The zero-order valence-electron chi connectivity index (χ0n) is 29.4. The van der Waals surface area contributed by atoms with Crippen LogP contribution >= 0.6 is 23.2 Å². The zero-order chi connectivity index (χ0) is 39.7. The van der Waals surface area contributed by atoms with Crippen LogP contribution in [0.25, 0.3) is 0 Å². The van der Waals surface area contributed by atoms with Crippen LogP contribution in [0.5, 0.6) is 5.75 Å². The highest BCUT2D eigenvalue weighted by Crippen LogP contribution is 2.53. The Morgan fingerprint density at radius 3 is 2.28 bits per heavy atom. The molecule has 0 bridgehead atoms. The summed E-state index contributed by atoms with van der Waals surface area (Å²) < 4.78 is 68.9. The molecule has 16 heteroatoms. The minimum absolute atomic E-state index is 0.00200. The predicted molar refractivity (Wildman–Crippen MR) is 199 cm³/mol. The SMILES string of the molecule is COc1cc(C(=O)O)ccc1NC(=O)[C@@H]1N[C@@H](CC(C)(C)C)[C@](CNS(=O)(=O)c2ccccc2C(=O)O)(c2ccc(Cl)cc2F)[C@H]1c1cccc(Cl)c1F. The number of anilines is 1. The van der Waals surface area contributed by atoms with E-state index in [4.69, 9.17) is 27.9 Å². The van der Waals surface area contributed by atoms with Crippen LogP contribution in [0.1, 0.15) is 65.0 Å². The van der Waals surface area contributed by atoms with Gasteiger partial charge in [-0.25, -0.2) is 31.5 Å². The molecule has 4 atom stereocenters. The van der Waals surface area contributed by atoms with Crippen molar-refractivity contribution in [3.63, 3.8) is 0 Å². The molecular formula is C38H37Cl2F2N3O8S. The Bertz CT molecular complexity index is 2230. The van der Waals surface area contributed by atoms with Gasteiger partial charge in [0, 0.05) is 28.9 Å². The van der Waals surface area contributed by atoms with E-state index in [9.17, 15) is 33.0 Å². The van der Waals surface area contributed by atoms with Crippen molar-refractivity contribution >= 4 is 56.8 Å². The summed E-state index contributed by atoms with van der Waals surface area (Å²) in [7, 11) is -3.41. The van der Waals surface area contributed by atoms with Crippen LogP contribution in [0.3, 0.4) is 0 Å². The Morgan fingerprint density at radius 1 is 0.944 bits per heavy atom. The molecule has 0 radical (unpaired) electrons. The highest BCUT2D eigenvalue weighted by molar-refractivity contribution is 7.89. The summed E-state index contributed by atoms with van der Waals surface area (Å²) in [6.07, 6.45) is 0.168. The Hall–Kier alpha value is -4.60. The minimum atomic E-state index is -4.68. The highest BCUT2D eigenvalue weighted by Gasteiger charge is 2.60. The summed E-state index contributed by atoms with van der Waals surface area (Å²) >= 11 is 12.5. The summed E-state index contributed by atoms with van der Waals surface area (Å²) in [6.45, 7) is 4.96. The molecule has 1 fully saturated rings. The quantitative estimate of drug-likeness (QED) is 0.100. The van der Waals surface area contributed by atoms with Gasteiger partial charge in [0.25, 0.3) is 0 Å². The predicted octanol–water partition coefficient (Wildman–Crippen LogP) is 7.09. The normalized spacial score (nSPS) is 20.0. The molecule has 0 unspecified atom stereocenters. The van der Waals surface area contributed by atoms with Crippen LogP contribution in [-0.2, 0) is 20.2 Å². The molecule has 54 heavy (non-hydrogen) atoms. The van der Waals surface area contributed by atoms with Crippen molar-refractivity contribution in [2.24, 2.45) is 5.41 Å². The number of rotatable bonds is 12. The lowest BCUT2D eigenvalue weighted by molar-refractivity contribution is -0.118. The van der Waals surface area contributed by atoms with Crippen LogP contribution in [-0.4, -0.2) is 62.2 Å². The average Bonchev–Trinajstić information content (AvgIpc) is 3.41. The molecule has 5 rings (SSSR count). The molecule has 4 aromatic rings. The number of ether oxygens (including phenoxy) is 1. The Kier molecular flexibility index (Phi) is 11.7. The maximum atomic E-state index is 16.6. The number of methoxy groups -OCH3 is 1. The number of carboxylic acid groups (broad SMARTS) is 2. The van der Waals surface area contributed by atoms with Crippen molar-refractivity contribution < 1.29 is 46.5 Å². The van der Waals surface area contributed by atoms with Crippen molar-refractivity contribution in [3.05, 3.63) is 123 Å². The Morgan fingerprint density at radius 2 is 1.65 bits per heavy atom. The van der Waals surface area contributed by atoms with Gasteiger partial charge in [-0.1, -0.05) is 74.3 Å². The number of benzene rings is 4. The van der Waals surface area contributed by atoms with Crippen molar-refractivity contribution in [1.82, 2.24) is 10.0 Å². The number of sulfonamides is 1. The minimum Gasteiger partial charge on any atom is -0.495 e. The van der Waals surface area contributed by atoms with E-state index in [-0.39, 0.29) is 44.6 Å². The number of hydrogen-bond acceptors (Lipinski definition) is 7. The molecule has 0 aliphatic carbocycles. The van der Waals surface area contributed by atoms with Gasteiger partial charge in [-0.2, -0.15) is 0 Å². The second-order valence-corrected chi connectivity index (χ2v) is 16.7. The lowest BCUT2D eigenvalue weighted by Gasteiger charge is -2.43. The van der Waals surface area contributed by atoms with E-state index in [1.54, 1.807) is 0 Å². The lowest BCUT2D eigenvalue weighted by atomic mass is 9.61. The number of carboxylic acids is 2. The van der Waals surface area contributed by atoms with Gasteiger partial charge in [-0.05, 0) is 71.5 Å². The fraction of sp³-hybridized carbons (Fsp3) is 0.289. The smallest absolute Gasteiger partial charge is 0.337 e.